The molecule has 2 aromatic carbocycles. The second-order valence-electron chi connectivity index (χ2n) is 6.97. The van der Waals surface area contributed by atoms with Crippen LogP contribution in [0.25, 0.3) is 0 Å². The van der Waals surface area contributed by atoms with Crippen LogP contribution in [0.4, 0.5) is 14.5 Å². The summed E-state index contributed by atoms with van der Waals surface area (Å²) in [5.41, 5.74) is 1.41. The Balaban J connectivity index is 1.42. The predicted molar refractivity (Wildman–Crippen MR) is 106 cm³/mol. The average Bonchev–Trinajstić information content (AvgIpc) is 2.66. The van der Waals surface area contributed by atoms with Gasteiger partial charge >= 0.3 is 0 Å². The van der Waals surface area contributed by atoms with Crippen LogP contribution in [0.15, 0.2) is 47.4 Å². The number of nitrogens with zero attached hydrogens (tertiary/aromatic N) is 2. The van der Waals surface area contributed by atoms with Crippen LogP contribution in [0.1, 0.15) is 12.0 Å². The standard InChI is InChI=1S/C20H25F2N3O2S/c1-16-15-18(22)5-8-20(16)28(26,27)23-9-2-10-24-11-13-25(14-12-24)19-6-3-17(21)4-7-19/h3-8,15,23H,2,9-14H2,1H3. The van der Waals surface area contributed by atoms with Gasteiger partial charge in [0.05, 0.1) is 4.90 Å². The first-order chi connectivity index (χ1) is 13.3. The molecule has 0 spiro atoms. The molecule has 0 amide bonds. The van der Waals surface area contributed by atoms with Crippen molar-refractivity contribution in [2.45, 2.75) is 18.2 Å². The van der Waals surface area contributed by atoms with Crippen molar-refractivity contribution >= 4 is 15.7 Å². The van der Waals surface area contributed by atoms with Gasteiger partial charge in [0.15, 0.2) is 0 Å². The summed E-state index contributed by atoms with van der Waals surface area (Å²) in [6.45, 7) is 6.17. The van der Waals surface area contributed by atoms with Gasteiger partial charge in [-0.1, -0.05) is 0 Å². The van der Waals surface area contributed by atoms with E-state index in [-0.39, 0.29) is 10.7 Å². The van der Waals surface area contributed by atoms with Crippen molar-refractivity contribution in [2.75, 3.05) is 44.2 Å². The smallest absolute Gasteiger partial charge is 0.240 e. The third-order valence-corrected chi connectivity index (χ3v) is 6.56. The van der Waals surface area contributed by atoms with Crippen LogP contribution in [0.3, 0.4) is 0 Å². The third-order valence-electron chi connectivity index (χ3n) is 4.93. The molecule has 2 aromatic rings. The minimum absolute atomic E-state index is 0.113. The van der Waals surface area contributed by atoms with Crippen LogP contribution in [-0.4, -0.2) is 52.6 Å². The zero-order chi connectivity index (χ0) is 20.1. The Morgan fingerprint density at radius 3 is 2.25 bits per heavy atom. The number of nitrogens with one attached hydrogen (secondary N) is 1. The molecule has 1 fully saturated rings. The number of halogens is 2. The van der Waals surface area contributed by atoms with Crippen molar-refractivity contribution in [3.8, 4) is 0 Å². The number of anilines is 1. The van der Waals surface area contributed by atoms with E-state index >= 15 is 0 Å². The van der Waals surface area contributed by atoms with Gasteiger partial charge in [-0.05, 0) is 67.9 Å². The van der Waals surface area contributed by atoms with Crippen molar-refractivity contribution in [3.63, 3.8) is 0 Å². The van der Waals surface area contributed by atoms with E-state index in [4.69, 9.17) is 0 Å². The minimum atomic E-state index is -3.63. The Labute approximate surface area is 165 Å². The van der Waals surface area contributed by atoms with E-state index < -0.39 is 15.8 Å². The topological polar surface area (TPSA) is 52.7 Å². The first kappa shape index (κ1) is 20.7. The monoisotopic (exact) mass is 409 g/mol. The number of benzene rings is 2. The number of sulfonamides is 1. The van der Waals surface area contributed by atoms with Crippen molar-refractivity contribution in [1.29, 1.82) is 0 Å². The Morgan fingerprint density at radius 1 is 0.964 bits per heavy atom. The Kier molecular flexibility index (Phi) is 6.64. The van der Waals surface area contributed by atoms with Crippen molar-refractivity contribution in [2.24, 2.45) is 0 Å². The molecule has 0 bridgehead atoms. The predicted octanol–water partition coefficient (Wildman–Crippen LogP) is 2.76. The van der Waals surface area contributed by atoms with Crippen LogP contribution in [-0.2, 0) is 10.0 Å². The molecule has 28 heavy (non-hydrogen) atoms. The second kappa shape index (κ2) is 8.98. The van der Waals surface area contributed by atoms with Gasteiger partial charge in [0.1, 0.15) is 11.6 Å². The van der Waals surface area contributed by atoms with Crippen molar-refractivity contribution < 1.29 is 17.2 Å². The highest BCUT2D eigenvalue weighted by Gasteiger charge is 2.19. The highest BCUT2D eigenvalue weighted by atomic mass is 32.2. The maximum atomic E-state index is 13.2. The zero-order valence-corrected chi connectivity index (χ0v) is 16.7. The molecule has 0 aromatic heterocycles. The van der Waals surface area contributed by atoms with Crippen LogP contribution in [0, 0.1) is 18.6 Å². The van der Waals surface area contributed by atoms with E-state index in [1.807, 2.05) is 0 Å². The molecule has 1 aliphatic heterocycles. The lowest BCUT2D eigenvalue weighted by atomic mass is 10.2. The molecule has 0 atom stereocenters. The molecule has 0 unspecified atom stereocenters. The van der Waals surface area contributed by atoms with Gasteiger partial charge in [0, 0.05) is 38.4 Å². The molecule has 1 N–H and O–H groups in total. The quantitative estimate of drug-likeness (QED) is 0.715. The lowest BCUT2D eigenvalue weighted by Crippen LogP contribution is -2.47. The highest BCUT2D eigenvalue weighted by Crippen LogP contribution is 2.17. The molecular weight excluding hydrogens is 384 g/mol. The summed E-state index contributed by atoms with van der Waals surface area (Å²) < 4.78 is 53.5. The number of piperazine rings is 1. The number of hydrogen-bond donors (Lipinski definition) is 1. The van der Waals surface area contributed by atoms with Crippen molar-refractivity contribution in [3.05, 3.63) is 59.7 Å². The molecule has 0 radical (unpaired) electrons. The first-order valence-electron chi connectivity index (χ1n) is 9.34. The SMILES string of the molecule is Cc1cc(F)ccc1S(=O)(=O)NCCCN1CCN(c2ccc(F)cc2)CC1. The summed E-state index contributed by atoms with van der Waals surface area (Å²) in [4.78, 5) is 4.62. The van der Waals surface area contributed by atoms with Gasteiger partial charge in [-0.15, -0.1) is 0 Å². The second-order valence-corrected chi connectivity index (χ2v) is 8.70. The molecule has 0 saturated carbocycles. The molecule has 3 rings (SSSR count). The fourth-order valence-electron chi connectivity index (χ4n) is 3.38. The molecule has 1 heterocycles. The number of aryl methyl sites for hydroxylation is 1. The first-order valence-corrected chi connectivity index (χ1v) is 10.8. The van der Waals surface area contributed by atoms with E-state index in [0.717, 1.165) is 44.5 Å². The highest BCUT2D eigenvalue weighted by molar-refractivity contribution is 7.89. The number of hydrogen-bond acceptors (Lipinski definition) is 4. The van der Waals surface area contributed by atoms with Gasteiger partial charge in [0.25, 0.3) is 0 Å². The largest absolute Gasteiger partial charge is 0.369 e. The maximum absolute atomic E-state index is 13.2. The third kappa shape index (κ3) is 5.27. The Bertz CT molecular complexity index is 896. The van der Waals surface area contributed by atoms with E-state index in [0.29, 0.717) is 18.5 Å². The van der Waals surface area contributed by atoms with E-state index in [2.05, 4.69) is 14.5 Å². The summed E-state index contributed by atoms with van der Waals surface area (Å²) in [6, 6.07) is 10.2. The average molecular weight is 410 g/mol. The maximum Gasteiger partial charge on any atom is 0.240 e. The van der Waals surface area contributed by atoms with E-state index in [9.17, 15) is 17.2 Å². The summed E-state index contributed by atoms with van der Waals surface area (Å²) in [7, 11) is -3.63. The molecular formula is C20H25F2N3O2S. The van der Waals surface area contributed by atoms with Crippen LogP contribution in [0.5, 0.6) is 0 Å². The molecule has 152 valence electrons. The normalized spacial score (nSPS) is 15.8. The fraction of sp³-hybridized carbons (Fsp3) is 0.400. The van der Waals surface area contributed by atoms with Gasteiger partial charge in [-0.25, -0.2) is 21.9 Å². The van der Waals surface area contributed by atoms with Gasteiger partial charge in [-0.2, -0.15) is 0 Å². The lowest BCUT2D eigenvalue weighted by Gasteiger charge is -2.36. The van der Waals surface area contributed by atoms with Crippen LogP contribution >= 0.6 is 0 Å². The Morgan fingerprint density at radius 2 is 1.61 bits per heavy atom. The lowest BCUT2D eigenvalue weighted by molar-refractivity contribution is 0.255. The zero-order valence-electron chi connectivity index (χ0n) is 15.9. The molecule has 0 aliphatic carbocycles. The summed E-state index contributed by atoms with van der Waals surface area (Å²) in [6.07, 6.45) is 0.690. The van der Waals surface area contributed by atoms with Crippen molar-refractivity contribution in [1.82, 2.24) is 9.62 Å². The number of rotatable bonds is 7. The van der Waals surface area contributed by atoms with Gasteiger partial charge in [-0.3, -0.25) is 4.90 Å². The van der Waals surface area contributed by atoms with Crippen LogP contribution < -0.4 is 9.62 Å². The van der Waals surface area contributed by atoms with Gasteiger partial charge < -0.3 is 4.90 Å². The fourth-order valence-corrected chi connectivity index (χ4v) is 4.68. The minimum Gasteiger partial charge on any atom is -0.369 e. The molecule has 5 nitrogen and oxygen atoms in total. The van der Waals surface area contributed by atoms with Gasteiger partial charge in [0.2, 0.25) is 10.0 Å². The molecule has 1 aliphatic rings. The molecule has 1 saturated heterocycles. The van der Waals surface area contributed by atoms with E-state index in [1.54, 1.807) is 19.1 Å². The summed E-state index contributed by atoms with van der Waals surface area (Å²) in [5.74, 6) is -0.683. The van der Waals surface area contributed by atoms with Crippen LogP contribution in [0.2, 0.25) is 0 Å². The molecule has 8 heteroatoms. The Hall–Kier alpha value is -2.03. The summed E-state index contributed by atoms with van der Waals surface area (Å²) >= 11 is 0. The van der Waals surface area contributed by atoms with E-state index in [1.165, 1.54) is 24.3 Å². The summed E-state index contributed by atoms with van der Waals surface area (Å²) in [5, 5.41) is 0.